The second kappa shape index (κ2) is 67.9. The van der Waals surface area contributed by atoms with Gasteiger partial charge in [-0.1, -0.05) is 387 Å². The zero-order valence-corrected chi connectivity index (χ0v) is 53.5. The summed E-state index contributed by atoms with van der Waals surface area (Å²) in [5.41, 5.74) is 0. The minimum Gasteiger partial charge on any atom is -0.462 e. The van der Waals surface area contributed by atoms with Crippen LogP contribution in [0.15, 0.2) is 0 Å². The molecule has 78 heavy (non-hydrogen) atoms. The summed E-state index contributed by atoms with van der Waals surface area (Å²) < 4.78 is 17.0. The number of ether oxygens (including phenoxy) is 3. The zero-order valence-electron chi connectivity index (χ0n) is 53.5. The molecule has 0 radical (unpaired) electrons. The molecule has 0 aliphatic rings. The van der Waals surface area contributed by atoms with E-state index in [1.54, 1.807) is 0 Å². The topological polar surface area (TPSA) is 78.9 Å². The number of unbranched alkanes of at least 4 members (excludes halogenated alkanes) is 57. The Hall–Kier alpha value is -1.59. The van der Waals surface area contributed by atoms with Gasteiger partial charge in [-0.15, -0.1) is 0 Å². The molecule has 6 heteroatoms. The van der Waals surface area contributed by atoms with Crippen LogP contribution in [0.1, 0.15) is 425 Å². The van der Waals surface area contributed by atoms with Crippen molar-refractivity contribution in [2.24, 2.45) is 0 Å². The fourth-order valence-electron chi connectivity index (χ4n) is 11.5. The van der Waals surface area contributed by atoms with Crippen molar-refractivity contribution >= 4 is 17.9 Å². The molecule has 0 aromatic carbocycles. The molecule has 0 aromatic rings. The second-order valence-electron chi connectivity index (χ2n) is 24.9. The third-order valence-corrected chi connectivity index (χ3v) is 16.9. The third-order valence-electron chi connectivity index (χ3n) is 16.9. The van der Waals surface area contributed by atoms with Crippen LogP contribution in [0.5, 0.6) is 0 Å². The van der Waals surface area contributed by atoms with E-state index in [4.69, 9.17) is 14.2 Å². The molecule has 464 valence electrons. The predicted octanol–water partition coefficient (Wildman–Crippen LogP) is 24.6. The highest BCUT2D eigenvalue weighted by Gasteiger charge is 2.20. The van der Waals surface area contributed by atoms with Gasteiger partial charge < -0.3 is 14.2 Å². The molecular weight excluding hydrogens is 961 g/mol. The number of hydrogen-bond donors (Lipinski definition) is 0. The van der Waals surface area contributed by atoms with Crippen LogP contribution in [-0.4, -0.2) is 37.2 Å². The molecule has 0 N–H and O–H groups in total. The van der Waals surface area contributed by atoms with Crippen molar-refractivity contribution in [1.29, 1.82) is 0 Å². The van der Waals surface area contributed by atoms with Gasteiger partial charge in [0.05, 0.1) is 0 Å². The van der Waals surface area contributed by atoms with E-state index in [0.29, 0.717) is 19.3 Å². The first kappa shape index (κ1) is 76.4. The fourth-order valence-corrected chi connectivity index (χ4v) is 11.5. The fraction of sp³-hybridized carbons (Fsp3) is 0.958. The summed E-state index contributed by atoms with van der Waals surface area (Å²) in [5, 5.41) is 0. The Morgan fingerprint density at radius 2 is 0.346 bits per heavy atom. The Morgan fingerprint density at radius 1 is 0.205 bits per heavy atom. The van der Waals surface area contributed by atoms with Gasteiger partial charge in [-0.3, -0.25) is 14.4 Å². The number of rotatable bonds is 68. The summed E-state index contributed by atoms with van der Waals surface area (Å²) >= 11 is 0. The summed E-state index contributed by atoms with van der Waals surface area (Å²) in [6.45, 7) is 6.75. The van der Waals surface area contributed by atoms with Crippen LogP contribution in [0.4, 0.5) is 0 Å². The van der Waals surface area contributed by atoms with Gasteiger partial charge in [0, 0.05) is 19.3 Å². The minimum absolute atomic E-state index is 0.0601. The van der Waals surface area contributed by atoms with E-state index in [2.05, 4.69) is 20.8 Å². The molecule has 0 saturated heterocycles. The largest absolute Gasteiger partial charge is 0.462 e. The highest BCUT2D eigenvalue weighted by atomic mass is 16.6. The maximum atomic E-state index is 13.0. The maximum Gasteiger partial charge on any atom is 0.306 e. The first-order valence-electron chi connectivity index (χ1n) is 36.0. The lowest BCUT2D eigenvalue weighted by Crippen LogP contribution is -2.30. The van der Waals surface area contributed by atoms with Gasteiger partial charge in [0.2, 0.25) is 0 Å². The van der Waals surface area contributed by atoms with Gasteiger partial charge in [0.25, 0.3) is 0 Å². The molecule has 0 spiro atoms. The minimum atomic E-state index is -0.763. The Kier molecular flexibility index (Phi) is 66.5. The highest BCUT2D eigenvalue weighted by Crippen LogP contribution is 2.20. The Bertz CT molecular complexity index is 1170. The molecule has 6 nitrogen and oxygen atoms in total. The maximum absolute atomic E-state index is 13.0. The number of carbonyl (C=O) groups is 3. The molecule has 1 unspecified atom stereocenters. The lowest BCUT2D eigenvalue weighted by Gasteiger charge is -2.18. The average molecular weight is 1100 g/mol. The quantitative estimate of drug-likeness (QED) is 0.0343. The van der Waals surface area contributed by atoms with Gasteiger partial charge in [0.15, 0.2) is 6.10 Å². The molecule has 0 fully saturated rings. The van der Waals surface area contributed by atoms with Gasteiger partial charge in [-0.25, -0.2) is 0 Å². The van der Waals surface area contributed by atoms with Crippen LogP contribution in [0.3, 0.4) is 0 Å². The molecule has 0 rings (SSSR count). The lowest BCUT2D eigenvalue weighted by molar-refractivity contribution is -0.167. The molecule has 0 amide bonds. The molecule has 0 aromatic heterocycles. The van der Waals surface area contributed by atoms with E-state index in [0.717, 1.165) is 57.8 Å². The van der Waals surface area contributed by atoms with Gasteiger partial charge in [0.1, 0.15) is 13.2 Å². The third kappa shape index (κ3) is 65.2. The average Bonchev–Trinajstić information content (AvgIpc) is 3.44. The van der Waals surface area contributed by atoms with E-state index in [1.807, 2.05) is 0 Å². The van der Waals surface area contributed by atoms with Crippen LogP contribution in [-0.2, 0) is 28.6 Å². The lowest BCUT2D eigenvalue weighted by atomic mass is 10.0. The van der Waals surface area contributed by atoms with Crippen LogP contribution in [0.2, 0.25) is 0 Å². The van der Waals surface area contributed by atoms with Crippen molar-refractivity contribution in [3.63, 3.8) is 0 Å². The van der Waals surface area contributed by atoms with Crippen molar-refractivity contribution in [2.45, 2.75) is 431 Å². The van der Waals surface area contributed by atoms with Gasteiger partial charge in [-0.2, -0.15) is 0 Å². The van der Waals surface area contributed by atoms with Crippen molar-refractivity contribution < 1.29 is 28.6 Å². The SMILES string of the molecule is CCCCCCCCCCCCCCCCCCCCCCCCCC(=O)OCC(COC(=O)CCCCCCCCCCCCCCCC)OC(=O)CCCCCCCCCCCCCCCCCCCCCCCCC. The number of esters is 3. The van der Waals surface area contributed by atoms with Crippen LogP contribution >= 0.6 is 0 Å². The van der Waals surface area contributed by atoms with E-state index >= 15 is 0 Å². The summed E-state index contributed by atoms with van der Waals surface area (Å²) in [4.78, 5) is 38.4. The second-order valence-corrected chi connectivity index (χ2v) is 24.9. The zero-order chi connectivity index (χ0) is 56.4. The molecule has 0 bridgehead atoms. The standard InChI is InChI=1S/C72H140O6/c1-4-7-10-13-16-19-22-25-28-30-32-34-36-38-40-42-44-47-50-53-56-59-62-65-71(74)77-68-69(67-76-70(73)64-61-58-55-52-49-46-27-24-21-18-15-12-9-6-3)78-72(75)66-63-60-57-54-51-48-45-43-41-39-37-35-33-31-29-26-23-20-17-14-11-8-5-2/h69H,4-68H2,1-3H3. The van der Waals surface area contributed by atoms with Crippen molar-refractivity contribution in [1.82, 2.24) is 0 Å². The molecular formula is C72H140O6. The molecule has 1 atom stereocenters. The number of carbonyl (C=O) groups excluding carboxylic acids is 3. The van der Waals surface area contributed by atoms with Gasteiger partial charge in [-0.05, 0) is 19.3 Å². The highest BCUT2D eigenvalue weighted by molar-refractivity contribution is 5.71. The Labute approximate surface area is 488 Å². The van der Waals surface area contributed by atoms with Gasteiger partial charge >= 0.3 is 17.9 Å². The van der Waals surface area contributed by atoms with Crippen LogP contribution in [0.25, 0.3) is 0 Å². The molecule has 0 aliphatic heterocycles. The molecule has 0 aliphatic carbocycles. The van der Waals surface area contributed by atoms with Crippen molar-refractivity contribution in [3.05, 3.63) is 0 Å². The summed E-state index contributed by atoms with van der Waals surface area (Å²) in [6, 6.07) is 0. The van der Waals surface area contributed by atoms with E-state index < -0.39 is 6.10 Å². The first-order chi connectivity index (χ1) is 38.5. The van der Waals surface area contributed by atoms with Crippen LogP contribution < -0.4 is 0 Å². The summed E-state index contributed by atoms with van der Waals surface area (Å²) in [7, 11) is 0. The van der Waals surface area contributed by atoms with Crippen LogP contribution in [0, 0.1) is 0 Å². The molecule has 0 heterocycles. The Balaban J connectivity index is 4.21. The van der Waals surface area contributed by atoms with E-state index in [-0.39, 0.29) is 31.1 Å². The first-order valence-corrected chi connectivity index (χ1v) is 36.0. The molecule has 0 saturated carbocycles. The normalized spacial score (nSPS) is 11.9. The van der Waals surface area contributed by atoms with E-state index in [1.165, 1.54) is 327 Å². The summed E-state index contributed by atoms with van der Waals surface area (Å²) in [5.74, 6) is -0.818. The monoisotopic (exact) mass is 1100 g/mol. The summed E-state index contributed by atoms with van der Waals surface area (Å²) in [6.07, 6.45) is 79.9. The smallest absolute Gasteiger partial charge is 0.306 e. The predicted molar refractivity (Wildman–Crippen MR) is 340 cm³/mol. The van der Waals surface area contributed by atoms with Crippen molar-refractivity contribution in [3.8, 4) is 0 Å². The van der Waals surface area contributed by atoms with Crippen molar-refractivity contribution in [2.75, 3.05) is 13.2 Å². The number of hydrogen-bond acceptors (Lipinski definition) is 6. The van der Waals surface area contributed by atoms with E-state index in [9.17, 15) is 14.4 Å². The Morgan fingerprint density at radius 3 is 0.513 bits per heavy atom.